The van der Waals surface area contributed by atoms with Crippen molar-refractivity contribution >= 4 is 35.0 Å². The summed E-state index contributed by atoms with van der Waals surface area (Å²) in [6, 6.07) is 17.5. The van der Waals surface area contributed by atoms with Crippen LogP contribution < -0.4 is 5.32 Å². The van der Waals surface area contributed by atoms with Gasteiger partial charge in [0.25, 0.3) is 5.91 Å². The molecule has 0 fully saturated rings. The highest BCUT2D eigenvalue weighted by molar-refractivity contribution is 7.99. The summed E-state index contributed by atoms with van der Waals surface area (Å²) in [5, 5.41) is 11.4. The molecule has 0 spiro atoms. The number of benzene rings is 2. The number of carbonyl (C=O) groups excluding carboxylic acids is 1. The van der Waals surface area contributed by atoms with Crippen molar-refractivity contribution < 1.29 is 14.7 Å². The van der Waals surface area contributed by atoms with E-state index in [4.69, 9.17) is 5.11 Å². The molecule has 3 aromatic rings. The SMILES string of the molecule is Cc1cc(SCC(C)(C)CCCc2ccc(C(=O)NCCC(=O)O)s2)cc(C)c1-c1ccc(C(C)(C)C)cc1. The number of hydrogen-bond donors (Lipinski definition) is 2. The lowest BCUT2D eigenvalue weighted by atomic mass is 9.85. The number of carboxylic acid groups (broad SMARTS) is 1. The van der Waals surface area contributed by atoms with Crippen molar-refractivity contribution in [2.24, 2.45) is 5.41 Å². The van der Waals surface area contributed by atoms with E-state index in [1.807, 2.05) is 23.9 Å². The van der Waals surface area contributed by atoms with Crippen molar-refractivity contribution in [2.75, 3.05) is 12.3 Å². The summed E-state index contributed by atoms with van der Waals surface area (Å²) in [6.07, 6.45) is 3.05. The van der Waals surface area contributed by atoms with Gasteiger partial charge in [0.2, 0.25) is 0 Å². The van der Waals surface area contributed by atoms with Gasteiger partial charge in [0.05, 0.1) is 11.3 Å². The van der Waals surface area contributed by atoms with Gasteiger partial charge in [0.15, 0.2) is 0 Å². The molecule has 0 saturated carbocycles. The number of carboxylic acids is 1. The van der Waals surface area contributed by atoms with Crippen LogP contribution >= 0.6 is 23.1 Å². The summed E-state index contributed by atoms with van der Waals surface area (Å²) in [7, 11) is 0. The molecule has 0 bridgehead atoms. The quantitative estimate of drug-likeness (QED) is 0.216. The van der Waals surface area contributed by atoms with Crippen molar-refractivity contribution in [1.29, 1.82) is 0 Å². The topological polar surface area (TPSA) is 66.4 Å². The highest BCUT2D eigenvalue weighted by Gasteiger charge is 2.20. The summed E-state index contributed by atoms with van der Waals surface area (Å²) in [6.45, 7) is 16.0. The van der Waals surface area contributed by atoms with Gasteiger partial charge in [-0.05, 0) is 96.0 Å². The Balaban J connectivity index is 1.52. The minimum absolute atomic E-state index is 0.0637. The van der Waals surface area contributed by atoms with Crippen molar-refractivity contribution in [3.05, 3.63) is 75.0 Å². The lowest BCUT2D eigenvalue weighted by Gasteiger charge is -2.24. The maximum Gasteiger partial charge on any atom is 0.305 e. The molecule has 1 aromatic heterocycles. The highest BCUT2D eigenvalue weighted by Crippen LogP contribution is 2.36. The Kier molecular flexibility index (Phi) is 10.5. The molecule has 4 nitrogen and oxygen atoms in total. The van der Waals surface area contributed by atoms with Crippen LogP contribution in [0.25, 0.3) is 11.1 Å². The van der Waals surface area contributed by atoms with Crippen LogP contribution in [-0.2, 0) is 16.6 Å². The average molecular weight is 566 g/mol. The van der Waals surface area contributed by atoms with Crippen LogP contribution in [0, 0.1) is 19.3 Å². The molecule has 0 unspecified atom stereocenters. The number of thioether (sulfide) groups is 1. The van der Waals surface area contributed by atoms with Crippen molar-refractivity contribution in [3.63, 3.8) is 0 Å². The normalized spacial score (nSPS) is 12.0. The number of thiophene rings is 1. The van der Waals surface area contributed by atoms with Crippen LogP contribution in [0.3, 0.4) is 0 Å². The number of amides is 1. The Labute approximate surface area is 242 Å². The smallest absolute Gasteiger partial charge is 0.305 e. The van der Waals surface area contributed by atoms with Crippen molar-refractivity contribution in [3.8, 4) is 11.1 Å². The van der Waals surface area contributed by atoms with Gasteiger partial charge in [0, 0.05) is 22.1 Å². The zero-order chi connectivity index (χ0) is 28.8. The third-order valence-corrected chi connectivity index (χ3v) is 9.60. The predicted octanol–water partition coefficient (Wildman–Crippen LogP) is 8.68. The number of rotatable bonds is 12. The zero-order valence-corrected chi connectivity index (χ0v) is 26.1. The predicted molar refractivity (Wildman–Crippen MR) is 166 cm³/mol. The number of hydrogen-bond acceptors (Lipinski definition) is 4. The van der Waals surface area contributed by atoms with Crippen LogP contribution in [0.4, 0.5) is 0 Å². The van der Waals surface area contributed by atoms with Crippen LogP contribution in [0.1, 0.15) is 85.1 Å². The van der Waals surface area contributed by atoms with Gasteiger partial charge < -0.3 is 10.4 Å². The monoisotopic (exact) mass is 565 g/mol. The molecule has 0 saturated heterocycles. The summed E-state index contributed by atoms with van der Waals surface area (Å²) in [5.74, 6) is -0.0532. The van der Waals surface area contributed by atoms with E-state index in [-0.39, 0.29) is 29.7 Å². The standard InChI is InChI=1S/C33H43NO3S2/c1-22-19-27(20-23(2)30(22)24-10-12-25(13-11-24)32(3,4)5)38-21-33(6,7)17-8-9-26-14-15-28(39-26)31(37)34-18-16-29(35)36/h10-15,19-20H,8-9,16-18,21H2,1-7H3,(H,34,37)(H,35,36). The molecular formula is C33H43NO3S2. The minimum Gasteiger partial charge on any atom is -0.481 e. The molecule has 1 amide bonds. The Morgan fingerprint density at radius 1 is 0.949 bits per heavy atom. The molecule has 0 atom stereocenters. The molecule has 0 aliphatic carbocycles. The lowest BCUT2D eigenvalue weighted by Crippen LogP contribution is -2.25. The molecule has 2 N–H and O–H groups in total. The van der Waals surface area contributed by atoms with Crippen LogP contribution in [0.5, 0.6) is 0 Å². The van der Waals surface area contributed by atoms with Gasteiger partial charge in [0.1, 0.15) is 0 Å². The van der Waals surface area contributed by atoms with Gasteiger partial charge in [-0.25, -0.2) is 0 Å². The molecule has 0 aliphatic heterocycles. The van der Waals surface area contributed by atoms with E-state index in [0.717, 1.165) is 25.0 Å². The molecule has 1 heterocycles. The average Bonchev–Trinajstić information content (AvgIpc) is 3.31. The van der Waals surface area contributed by atoms with Crippen LogP contribution in [-0.4, -0.2) is 29.3 Å². The first-order chi connectivity index (χ1) is 18.2. The van der Waals surface area contributed by atoms with Crippen molar-refractivity contribution in [1.82, 2.24) is 5.32 Å². The van der Waals surface area contributed by atoms with Gasteiger partial charge >= 0.3 is 5.97 Å². The Hall–Kier alpha value is -2.57. The fourth-order valence-electron chi connectivity index (χ4n) is 4.70. The fraction of sp³-hybridized carbons (Fsp3) is 0.455. The van der Waals surface area contributed by atoms with E-state index < -0.39 is 5.97 Å². The summed E-state index contributed by atoms with van der Waals surface area (Å²) >= 11 is 3.44. The third kappa shape index (κ3) is 9.25. The zero-order valence-electron chi connectivity index (χ0n) is 24.4. The molecule has 6 heteroatoms. The number of aryl methyl sites for hydroxylation is 3. The molecule has 0 radical (unpaired) electrons. The minimum atomic E-state index is -0.910. The van der Waals surface area contributed by atoms with E-state index in [1.165, 1.54) is 48.9 Å². The van der Waals surface area contributed by atoms with Gasteiger partial charge in [-0.3, -0.25) is 9.59 Å². The molecular weight excluding hydrogens is 523 g/mol. The van der Waals surface area contributed by atoms with Gasteiger partial charge in [-0.1, -0.05) is 58.9 Å². The van der Waals surface area contributed by atoms with Crippen LogP contribution in [0.15, 0.2) is 53.4 Å². The largest absolute Gasteiger partial charge is 0.481 e. The van der Waals surface area contributed by atoms with Gasteiger partial charge in [-0.15, -0.1) is 23.1 Å². The van der Waals surface area contributed by atoms with E-state index in [9.17, 15) is 9.59 Å². The first-order valence-electron chi connectivity index (χ1n) is 13.7. The molecule has 3 rings (SSSR count). The lowest BCUT2D eigenvalue weighted by molar-refractivity contribution is -0.136. The third-order valence-electron chi connectivity index (χ3n) is 6.96. The Morgan fingerprint density at radius 3 is 2.18 bits per heavy atom. The van der Waals surface area contributed by atoms with E-state index in [0.29, 0.717) is 4.88 Å². The maximum atomic E-state index is 12.2. The molecule has 39 heavy (non-hydrogen) atoms. The van der Waals surface area contributed by atoms with E-state index >= 15 is 0 Å². The first kappa shape index (κ1) is 31.0. The Bertz CT molecular complexity index is 1260. The number of nitrogens with one attached hydrogen (secondary N) is 1. The molecule has 0 aliphatic rings. The fourth-order valence-corrected chi connectivity index (χ4v) is 6.88. The number of aliphatic carboxylic acids is 1. The maximum absolute atomic E-state index is 12.2. The van der Waals surface area contributed by atoms with E-state index in [2.05, 4.69) is 90.2 Å². The molecule has 2 aromatic carbocycles. The van der Waals surface area contributed by atoms with Crippen molar-refractivity contribution in [2.45, 2.75) is 84.5 Å². The summed E-state index contributed by atoms with van der Waals surface area (Å²) in [5.41, 5.74) is 6.97. The molecule has 210 valence electrons. The summed E-state index contributed by atoms with van der Waals surface area (Å²) in [4.78, 5) is 26.0. The second-order valence-electron chi connectivity index (χ2n) is 12.2. The highest BCUT2D eigenvalue weighted by atomic mass is 32.2. The van der Waals surface area contributed by atoms with Gasteiger partial charge in [-0.2, -0.15) is 0 Å². The van der Waals surface area contributed by atoms with E-state index in [1.54, 1.807) is 0 Å². The first-order valence-corrected chi connectivity index (χ1v) is 15.5. The number of carbonyl (C=O) groups is 2. The second kappa shape index (κ2) is 13.2. The van der Waals surface area contributed by atoms with Crippen LogP contribution in [0.2, 0.25) is 0 Å². The second-order valence-corrected chi connectivity index (χ2v) is 14.4. The summed E-state index contributed by atoms with van der Waals surface area (Å²) < 4.78 is 0. The Morgan fingerprint density at radius 2 is 1.59 bits per heavy atom.